The average molecular weight is 429 g/mol. The molecular formula is C17H15N7O5S. The quantitative estimate of drug-likeness (QED) is 0.566. The molecule has 1 N–H and O–H groups in total. The van der Waals surface area contributed by atoms with E-state index in [2.05, 4.69) is 25.1 Å². The lowest BCUT2D eigenvalue weighted by Gasteiger charge is -2.06. The van der Waals surface area contributed by atoms with Gasteiger partial charge >= 0.3 is 6.09 Å². The lowest BCUT2D eigenvalue weighted by Crippen LogP contribution is -2.31. The molecule has 0 radical (unpaired) electrons. The molecule has 30 heavy (non-hydrogen) atoms. The van der Waals surface area contributed by atoms with Crippen LogP contribution in [0.3, 0.4) is 0 Å². The number of tetrazole rings is 1. The molecule has 12 nitrogen and oxygen atoms in total. The first-order chi connectivity index (χ1) is 14.4. The van der Waals surface area contributed by atoms with Gasteiger partial charge in [-0.05, 0) is 35.0 Å². The Labute approximate surface area is 171 Å². The predicted octanol–water partition coefficient (Wildman–Crippen LogP) is 0.730. The number of amides is 1. The Balaban J connectivity index is 1.69. The first-order valence-corrected chi connectivity index (χ1v) is 9.83. The average Bonchev–Trinajstić information content (AvgIpc) is 3.21. The zero-order valence-corrected chi connectivity index (χ0v) is 16.4. The van der Waals surface area contributed by atoms with Crippen molar-refractivity contribution < 1.29 is 22.7 Å². The Morgan fingerprint density at radius 3 is 2.63 bits per heavy atom. The molecule has 154 valence electrons. The number of aromatic nitrogens is 5. The van der Waals surface area contributed by atoms with Gasteiger partial charge in [-0.3, -0.25) is 0 Å². The number of pyridine rings is 1. The van der Waals surface area contributed by atoms with Crippen LogP contribution in [0.5, 0.6) is 5.88 Å². The first kappa shape index (κ1) is 20.7. The zero-order chi connectivity index (χ0) is 21.6. The van der Waals surface area contributed by atoms with Crippen LogP contribution in [-0.4, -0.2) is 53.4 Å². The fourth-order valence-corrected chi connectivity index (χ4v) is 3.18. The standard InChI is InChI=1S/C17H15N7O5S/c1-28-15-7-2-12(10-19-15)11-24-21-16(20-23-24)13-3-5-14(6-4-13)30(26,27)22-17(25)29-9-8-18/h2-7,10H,9,11H2,1H3,(H,22,25). The molecule has 0 atom stereocenters. The van der Waals surface area contributed by atoms with Crippen molar-refractivity contribution in [1.29, 1.82) is 5.26 Å². The Bertz CT molecular complexity index is 1170. The highest BCUT2D eigenvalue weighted by Crippen LogP contribution is 2.17. The highest BCUT2D eigenvalue weighted by Gasteiger charge is 2.19. The van der Waals surface area contributed by atoms with Crippen molar-refractivity contribution in [1.82, 2.24) is 29.9 Å². The SMILES string of the molecule is COc1ccc(Cn2nnc(-c3ccc(S(=O)(=O)NC(=O)OCC#N)cc3)n2)cn1. The van der Waals surface area contributed by atoms with Crippen LogP contribution in [0.4, 0.5) is 4.79 Å². The number of rotatable bonds is 7. The number of nitriles is 1. The van der Waals surface area contributed by atoms with Crippen LogP contribution in [0.2, 0.25) is 0 Å². The van der Waals surface area contributed by atoms with Crippen LogP contribution in [0.15, 0.2) is 47.5 Å². The maximum Gasteiger partial charge on any atom is 0.422 e. The van der Waals surface area contributed by atoms with Crippen LogP contribution in [0.25, 0.3) is 11.4 Å². The minimum absolute atomic E-state index is 0.170. The smallest absolute Gasteiger partial charge is 0.422 e. The highest BCUT2D eigenvalue weighted by atomic mass is 32.2. The number of benzene rings is 1. The molecule has 2 heterocycles. The topological polar surface area (TPSA) is 162 Å². The number of nitrogens with one attached hydrogen (secondary N) is 1. The van der Waals surface area contributed by atoms with Crippen LogP contribution < -0.4 is 9.46 Å². The third kappa shape index (κ3) is 5.06. The van der Waals surface area contributed by atoms with E-state index in [0.717, 1.165) is 5.56 Å². The lowest BCUT2D eigenvalue weighted by molar-refractivity contribution is 0.166. The van der Waals surface area contributed by atoms with Crippen LogP contribution >= 0.6 is 0 Å². The van der Waals surface area contributed by atoms with Gasteiger partial charge in [0.1, 0.15) is 6.07 Å². The zero-order valence-electron chi connectivity index (χ0n) is 15.6. The normalized spacial score (nSPS) is 10.8. The van der Waals surface area contributed by atoms with E-state index in [1.165, 1.54) is 36.2 Å². The van der Waals surface area contributed by atoms with E-state index in [1.54, 1.807) is 23.1 Å². The molecule has 2 aromatic heterocycles. The summed E-state index contributed by atoms with van der Waals surface area (Å²) >= 11 is 0. The molecule has 0 aliphatic carbocycles. The molecule has 0 saturated heterocycles. The van der Waals surface area contributed by atoms with Gasteiger partial charge in [0, 0.05) is 17.8 Å². The summed E-state index contributed by atoms with van der Waals surface area (Å²) < 4.78 is 35.4. The van der Waals surface area contributed by atoms with E-state index in [1.807, 2.05) is 6.07 Å². The summed E-state index contributed by atoms with van der Waals surface area (Å²) in [6.45, 7) is -0.223. The van der Waals surface area contributed by atoms with E-state index in [4.69, 9.17) is 10.00 Å². The van der Waals surface area contributed by atoms with Crippen molar-refractivity contribution >= 4 is 16.1 Å². The second kappa shape index (κ2) is 8.97. The molecule has 0 spiro atoms. The molecule has 1 amide bonds. The summed E-state index contributed by atoms with van der Waals surface area (Å²) in [6.07, 6.45) is 0.397. The van der Waals surface area contributed by atoms with Gasteiger partial charge in [0.2, 0.25) is 11.7 Å². The van der Waals surface area contributed by atoms with Crippen LogP contribution in [0.1, 0.15) is 5.56 Å². The van der Waals surface area contributed by atoms with Gasteiger partial charge in [0.05, 0.1) is 18.6 Å². The fraction of sp³-hybridized carbons (Fsp3) is 0.176. The molecule has 3 rings (SSSR count). The highest BCUT2D eigenvalue weighted by molar-refractivity contribution is 7.90. The van der Waals surface area contributed by atoms with Gasteiger partial charge in [-0.1, -0.05) is 6.07 Å². The number of ether oxygens (including phenoxy) is 2. The number of methoxy groups -OCH3 is 1. The Hall–Kier alpha value is -4.05. The minimum atomic E-state index is -4.14. The molecule has 0 fully saturated rings. The van der Waals surface area contributed by atoms with E-state index in [0.29, 0.717) is 23.8 Å². The largest absolute Gasteiger partial charge is 0.481 e. The number of carbonyl (C=O) groups excluding carboxylic acids is 1. The molecule has 13 heteroatoms. The molecule has 0 bridgehead atoms. The third-order valence-electron chi connectivity index (χ3n) is 3.69. The van der Waals surface area contributed by atoms with Crippen LogP contribution in [-0.2, 0) is 21.3 Å². The van der Waals surface area contributed by atoms with Gasteiger partial charge in [0.25, 0.3) is 10.0 Å². The summed E-state index contributed by atoms with van der Waals surface area (Å²) in [7, 11) is -2.61. The molecule has 3 aromatic rings. The van der Waals surface area contributed by atoms with Crippen molar-refractivity contribution in [2.24, 2.45) is 0 Å². The summed E-state index contributed by atoms with van der Waals surface area (Å²) in [5, 5.41) is 20.5. The summed E-state index contributed by atoms with van der Waals surface area (Å²) in [5.41, 5.74) is 1.37. The molecule has 1 aromatic carbocycles. The molecule has 0 aliphatic rings. The number of hydrogen-bond acceptors (Lipinski definition) is 10. The molecule has 0 aliphatic heterocycles. The number of hydrogen-bond donors (Lipinski definition) is 1. The Kier molecular flexibility index (Phi) is 6.18. The Morgan fingerprint density at radius 2 is 2.00 bits per heavy atom. The van der Waals surface area contributed by atoms with E-state index < -0.39 is 22.7 Å². The summed E-state index contributed by atoms with van der Waals surface area (Å²) in [6, 6.07) is 10.6. The van der Waals surface area contributed by atoms with Gasteiger partial charge in [-0.2, -0.15) is 10.1 Å². The van der Waals surface area contributed by atoms with Crippen molar-refractivity contribution in [2.45, 2.75) is 11.4 Å². The predicted molar refractivity (Wildman–Crippen MR) is 100 cm³/mol. The monoisotopic (exact) mass is 429 g/mol. The van der Waals surface area contributed by atoms with Gasteiger partial charge in [-0.25, -0.2) is 22.9 Å². The number of carbonyl (C=O) groups is 1. The maximum absolute atomic E-state index is 12.1. The van der Waals surface area contributed by atoms with Gasteiger partial charge < -0.3 is 9.47 Å². The molecule has 0 unspecified atom stereocenters. The third-order valence-corrected chi connectivity index (χ3v) is 5.02. The summed E-state index contributed by atoms with van der Waals surface area (Å²) in [4.78, 5) is 16.7. The van der Waals surface area contributed by atoms with E-state index in [-0.39, 0.29) is 4.90 Å². The maximum atomic E-state index is 12.1. The van der Waals surface area contributed by atoms with Crippen molar-refractivity contribution in [3.8, 4) is 23.3 Å². The number of sulfonamides is 1. The Morgan fingerprint density at radius 1 is 1.23 bits per heavy atom. The van der Waals surface area contributed by atoms with Crippen molar-refractivity contribution in [2.75, 3.05) is 13.7 Å². The van der Waals surface area contributed by atoms with E-state index >= 15 is 0 Å². The number of nitrogens with zero attached hydrogens (tertiary/aromatic N) is 6. The first-order valence-electron chi connectivity index (χ1n) is 8.35. The fourth-order valence-electron chi connectivity index (χ4n) is 2.29. The molecular weight excluding hydrogens is 414 g/mol. The second-order valence-corrected chi connectivity index (χ2v) is 7.40. The lowest BCUT2D eigenvalue weighted by atomic mass is 10.2. The minimum Gasteiger partial charge on any atom is -0.481 e. The summed E-state index contributed by atoms with van der Waals surface area (Å²) in [5.74, 6) is 0.788. The van der Waals surface area contributed by atoms with Gasteiger partial charge in [-0.15, -0.1) is 10.2 Å². The van der Waals surface area contributed by atoms with E-state index in [9.17, 15) is 13.2 Å². The van der Waals surface area contributed by atoms with Crippen LogP contribution in [0, 0.1) is 11.3 Å². The van der Waals surface area contributed by atoms with Gasteiger partial charge in [0.15, 0.2) is 6.61 Å². The second-order valence-electron chi connectivity index (χ2n) is 5.72. The molecule has 0 saturated carbocycles. The van der Waals surface area contributed by atoms with Crippen molar-refractivity contribution in [3.63, 3.8) is 0 Å². The van der Waals surface area contributed by atoms with Crippen molar-refractivity contribution in [3.05, 3.63) is 48.2 Å².